The van der Waals surface area contributed by atoms with Gasteiger partial charge in [0.25, 0.3) is 5.91 Å². The predicted molar refractivity (Wildman–Crippen MR) is 137 cm³/mol. The lowest BCUT2D eigenvalue weighted by Gasteiger charge is -2.14. The number of amides is 1. The third kappa shape index (κ3) is 5.71. The van der Waals surface area contributed by atoms with E-state index in [9.17, 15) is 4.79 Å². The molecule has 0 bridgehead atoms. The largest absolute Gasteiger partial charge is 0.356 e. The van der Waals surface area contributed by atoms with Crippen molar-refractivity contribution < 1.29 is 4.79 Å². The normalized spacial score (nSPS) is 10.1. The monoisotopic (exact) mass is 438 g/mol. The van der Waals surface area contributed by atoms with Crippen LogP contribution in [0.5, 0.6) is 0 Å². The van der Waals surface area contributed by atoms with Crippen LogP contribution in [-0.2, 0) is 0 Å². The third-order valence-electron chi connectivity index (χ3n) is 4.66. The fraction of sp³-hybridized carbons (Fsp3) is 0. The summed E-state index contributed by atoms with van der Waals surface area (Å²) < 4.78 is 0. The number of anilines is 5. The number of carbonyl (C=O) groups excluding carboxylic acids is 1. The second kappa shape index (κ2) is 10.2. The molecular weight excluding hydrogens is 416 g/mol. The standard InChI is InChI=1S/C26H22N4OS/c31-25(28-22-17-15-21(16-18-22)27-19-9-3-1-4-10-19)23-13-7-8-14-24(23)30-26(32)29-20-11-5-2-6-12-20/h1-18,27H,(H,28,31)(H2,29,30,32). The number of thiocarbonyl (C=S) groups is 1. The third-order valence-corrected chi connectivity index (χ3v) is 4.86. The summed E-state index contributed by atoms with van der Waals surface area (Å²) >= 11 is 5.40. The van der Waals surface area contributed by atoms with E-state index < -0.39 is 0 Å². The first-order valence-corrected chi connectivity index (χ1v) is 10.5. The van der Waals surface area contributed by atoms with E-state index in [-0.39, 0.29) is 5.91 Å². The molecule has 0 aliphatic rings. The maximum absolute atomic E-state index is 12.9. The molecule has 0 saturated heterocycles. The van der Waals surface area contributed by atoms with E-state index in [1.54, 1.807) is 6.07 Å². The lowest BCUT2D eigenvalue weighted by Crippen LogP contribution is -2.22. The quantitative estimate of drug-likeness (QED) is 0.259. The molecule has 32 heavy (non-hydrogen) atoms. The molecule has 0 radical (unpaired) electrons. The van der Waals surface area contributed by atoms with Crippen molar-refractivity contribution in [2.24, 2.45) is 0 Å². The van der Waals surface area contributed by atoms with Crippen LogP contribution in [0, 0.1) is 0 Å². The maximum Gasteiger partial charge on any atom is 0.257 e. The molecule has 0 fully saturated rings. The van der Waals surface area contributed by atoms with E-state index in [0.29, 0.717) is 22.1 Å². The smallest absolute Gasteiger partial charge is 0.257 e. The average molecular weight is 439 g/mol. The Morgan fingerprint density at radius 1 is 0.531 bits per heavy atom. The van der Waals surface area contributed by atoms with Gasteiger partial charge < -0.3 is 21.3 Å². The van der Waals surface area contributed by atoms with Gasteiger partial charge in [-0.15, -0.1) is 0 Å². The molecule has 6 heteroatoms. The topological polar surface area (TPSA) is 65.2 Å². The number of para-hydroxylation sites is 3. The van der Waals surface area contributed by atoms with Gasteiger partial charge in [-0.1, -0.05) is 48.5 Å². The molecule has 0 unspecified atom stereocenters. The molecule has 0 heterocycles. The number of hydrogen-bond acceptors (Lipinski definition) is 3. The molecule has 4 N–H and O–H groups in total. The Bertz CT molecular complexity index is 1200. The Morgan fingerprint density at radius 2 is 1.03 bits per heavy atom. The second-order valence-electron chi connectivity index (χ2n) is 7.01. The van der Waals surface area contributed by atoms with E-state index >= 15 is 0 Å². The Hall–Kier alpha value is -4.16. The van der Waals surface area contributed by atoms with Crippen molar-refractivity contribution in [2.75, 3.05) is 21.3 Å². The van der Waals surface area contributed by atoms with Crippen LogP contribution >= 0.6 is 12.2 Å². The summed E-state index contributed by atoms with van der Waals surface area (Å²) in [6.45, 7) is 0. The Balaban J connectivity index is 1.40. The lowest BCUT2D eigenvalue weighted by molar-refractivity contribution is 0.102. The first-order chi connectivity index (χ1) is 15.7. The molecule has 4 rings (SSSR count). The molecule has 0 spiro atoms. The molecule has 0 atom stereocenters. The van der Waals surface area contributed by atoms with Gasteiger partial charge in [0.1, 0.15) is 0 Å². The highest BCUT2D eigenvalue weighted by atomic mass is 32.1. The summed E-state index contributed by atoms with van der Waals surface area (Å²) in [6, 6.07) is 34.4. The Kier molecular flexibility index (Phi) is 6.75. The lowest BCUT2D eigenvalue weighted by atomic mass is 10.1. The minimum Gasteiger partial charge on any atom is -0.356 e. The van der Waals surface area contributed by atoms with Gasteiger partial charge in [-0.2, -0.15) is 0 Å². The zero-order valence-corrected chi connectivity index (χ0v) is 18.0. The van der Waals surface area contributed by atoms with Gasteiger partial charge >= 0.3 is 0 Å². The van der Waals surface area contributed by atoms with Gasteiger partial charge in [-0.3, -0.25) is 4.79 Å². The molecule has 158 valence electrons. The molecule has 5 nitrogen and oxygen atoms in total. The number of carbonyl (C=O) groups is 1. The van der Waals surface area contributed by atoms with Crippen molar-refractivity contribution in [3.8, 4) is 0 Å². The summed E-state index contributed by atoms with van der Waals surface area (Å²) in [5, 5.41) is 12.9. The molecule has 0 saturated carbocycles. The first kappa shape index (κ1) is 21.1. The highest BCUT2D eigenvalue weighted by molar-refractivity contribution is 7.80. The van der Waals surface area contributed by atoms with Gasteiger partial charge in [-0.05, 0) is 72.9 Å². The van der Waals surface area contributed by atoms with Crippen molar-refractivity contribution in [1.82, 2.24) is 0 Å². The van der Waals surface area contributed by atoms with Gasteiger partial charge in [0, 0.05) is 22.7 Å². The van der Waals surface area contributed by atoms with Crippen molar-refractivity contribution in [2.45, 2.75) is 0 Å². The predicted octanol–water partition coefficient (Wildman–Crippen LogP) is 6.49. The molecule has 4 aromatic rings. The van der Waals surface area contributed by atoms with E-state index in [1.807, 2.05) is 103 Å². The maximum atomic E-state index is 12.9. The SMILES string of the molecule is O=C(Nc1ccc(Nc2ccccc2)cc1)c1ccccc1NC(=S)Nc1ccccc1. The van der Waals surface area contributed by atoms with Crippen molar-refractivity contribution in [1.29, 1.82) is 0 Å². The summed E-state index contributed by atoms with van der Waals surface area (Å²) in [4.78, 5) is 12.9. The second-order valence-corrected chi connectivity index (χ2v) is 7.42. The summed E-state index contributed by atoms with van der Waals surface area (Å²) in [7, 11) is 0. The molecular formula is C26H22N4OS. The van der Waals surface area contributed by atoms with E-state index in [1.165, 1.54) is 0 Å². The summed E-state index contributed by atoms with van der Waals surface area (Å²) in [5.41, 5.74) is 4.64. The van der Waals surface area contributed by atoms with Crippen LogP contribution in [0.15, 0.2) is 109 Å². The summed E-state index contributed by atoms with van der Waals surface area (Å²) in [5.74, 6) is -0.223. The summed E-state index contributed by atoms with van der Waals surface area (Å²) in [6.07, 6.45) is 0. The number of benzene rings is 4. The highest BCUT2D eigenvalue weighted by Crippen LogP contribution is 2.21. The van der Waals surface area contributed by atoms with Crippen LogP contribution < -0.4 is 21.3 Å². The van der Waals surface area contributed by atoms with Gasteiger partial charge in [0.2, 0.25) is 0 Å². The highest BCUT2D eigenvalue weighted by Gasteiger charge is 2.12. The number of nitrogens with one attached hydrogen (secondary N) is 4. The molecule has 4 aromatic carbocycles. The van der Waals surface area contributed by atoms with Gasteiger partial charge in [0.05, 0.1) is 11.3 Å². The Labute approximate surface area is 192 Å². The molecule has 0 aliphatic heterocycles. The fourth-order valence-electron chi connectivity index (χ4n) is 3.12. The zero-order valence-electron chi connectivity index (χ0n) is 17.2. The fourth-order valence-corrected chi connectivity index (χ4v) is 3.35. The number of hydrogen-bond donors (Lipinski definition) is 4. The van der Waals surface area contributed by atoms with E-state index in [4.69, 9.17) is 12.2 Å². The molecule has 1 amide bonds. The van der Waals surface area contributed by atoms with Crippen molar-refractivity contribution >= 4 is 51.7 Å². The molecule has 0 aliphatic carbocycles. The van der Waals surface area contributed by atoms with E-state index in [0.717, 1.165) is 17.1 Å². The van der Waals surface area contributed by atoms with Gasteiger partial charge in [0.15, 0.2) is 5.11 Å². The van der Waals surface area contributed by atoms with Crippen molar-refractivity contribution in [3.63, 3.8) is 0 Å². The molecule has 0 aromatic heterocycles. The van der Waals surface area contributed by atoms with Crippen LogP contribution in [0.4, 0.5) is 28.4 Å². The first-order valence-electron chi connectivity index (χ1n) is 10.1. The van der Waals surface area contributed by atoms with Crippen LogP contribution in [0.25, 0.3) is 0 Å². The van der Waals surface area contributed by atoms with Crippen molar-refractivity contribution in [3.05, 3.63) is 115 Å². The Morgan fingerprint density at radius 3 is 1.72 bits per heavy atom. The average Bonchev–Trinajstić information content (AvgIpc) is 2.82. The van der Waals surface area contributed by atoms with Crippen LogP contribution in [0.2, 0.25) is 0 Å². The van der Waals surface area contributed by atoms with Crippen LogP contribution in [-0.4, -0.2) is 11.0 Å². The number of rotatable bonds is 6. The van der Waals surface area contributed by atoms with Crippen LogP contribution in [0.3, 0.4) is 0 Å². The van der Waals surface area contributed by atoms with E-state index in [2.05, 4.69) is 21.3 Å². The minimum atomic E-state index is -0.223. The minimum absolute atomic E-state index is 0.223. The van der Waals surface area contributed by atoms with Crippen LogP contribution in [0.1, 0.15) is 10.4 Å². The zero-order chi connectivity index (χ0) is 22.2. The van der Waals surface area contributed by atoms with Gasteiger partial charge in [-0.25, -0.2) is 0 Å².